The van der Waals surface area contributed by atoms with E-state index in [1.54, 1.807) is 19.1 Å². The first kappa shape index (κ1) is 14.1. The number of aromatic nitrogens is 1. The van der Waals surface area contributed by atoms with Gasteiger partial charge in [0.15, 0.2) is 0 Å². The van der Waals surface area contributed by atoms with Gasteiger partial charge in [-0.05, 0) is 26.0 Å². The second kappa shape index (κ2) is 5.79. The molecule has 0 atom stereocenters. The SMILES string of the molecule is CCOC(=O)c1nc(-c2ccc([N+](=O)[O-])cc2)c(C)s1. The number of carbonyl (C=O) groups excluding carboxylic acids is 1. The normalized spacial score (nSPS) is 10.3. The largest absolute Gasteiger partial charge is 0.461 e. The van der Waals surface area contributed by atoms with Crippen LogP contribution in [-0.2, 0) is 4.74 Å². The van der Waals surface area contributed by atoms with Crippen molar-refractivity contribution in [2.75, 3.05) is 6.61 Å². The van der Waals surface area contributed by atoms with Gasteiger partial charge in [0, 0.05) is 22.6 Å². The van der Waals surface area contributed by atoms with Crippen LogP contribution in [0.15, 0.2) is 24.3 Å². The number of hydrogen-bond donors (Lipinski definition) is 0. The van der Waals surface area contributed by atoms with E-state index in [0.717, 1.165) is 10.4 Å². The third-order valence-corrected chi connectivity index (χ3v) is 3.55. The van der Waals surface area contributed by atoms with Crippen LogP contribution in [0.1, 0.15) is 21.6 Å². The van der Waals surface area contributed by atoms with Gasteiger partial charge in [0.2, 0.25) is 5.01 Å². The molecule has 0 fully saturated rings. The van der Waals surface area contributed by atoms with Gasteiger partial charge in [0.05, 0.1) is 17.2 Å². The summed E-state index contributed by atoms with van der Waals surface area (Å²) in [5.41, 5.74) is 1.40. The molecule has 2 rings (SSSR count). The number of benzene rings is 1. The predicted molar refractivity (Wildman–Crippen MR) is 74.9 cm³/mol. The number of aryl methyl sites for hydroxylation is 1. The van der Waals surface area contributed by atoms with E-state index in [0.29, 0.717) is 12.3 Å². The van der Waals surface area contributed by atoms with Crippen LogP contribution >= 0.6 is 11.3 Å². The number of nitro benzene ring substituents is 1. The van der Waals surface area contributed by atoms with Crippen molar-refractivity contribution in [1.29, 1.82) is 0 Å². The van der Waals surface area contributed by atoms with Gasteiger partial charge >= 0.3 is 5.97 Å². The number of ether oxygens (including phenoxy) is 1. The first-order valence-electron chi connectivity index (χ1n) is 5.92. The molecule has 0 unspecified atom stereocenters. The quantitative estimate of drug-likeness (QED) is 0.491. The highest BCUT2D eigenvalue weighted by Gasteiger charge is 2.17. The molecule has 0 aliphatic carbocycles. The van der Waals surface area contributed by atoms with Crippen LogP contribution in [0.5, 0.6) is 0 Å². The summed E-state index contributed by atoms with van der Waals surface area (Å²) in [5.74, 6) is -0.450. The number of thiazole rings is 1. The Morgan fingerprint density at radius 1 is 1.40 bits per heavy atom. The van der Waals surface area contributed by atoms with Gasteiger partial charge in [-0.2, -0.15) is 0 Å². The number of rotatable bonds is 4. The summed E-state index contributed by atoms with van der Waals surface area (Å²) in [6.45, 7) is 3.87. The molecule has 1 aromatic heterocycles. The lowest BCUT2D eigenvalue weighted by Gasteiger charge is -1.98. The summed E-state index contributed by atoms with van der Waals surface area (Å²) >= 11 is 1.25. The fourth-order valence-corrected chi connectivity index (χ4v) is 2.51. The minimum atomic E-state index is -0.457. The lowest BCUT2D eigenvalue weighted by molar-refractivity contribution is -0.384. The van der Waals surface area contributed by atoms with Crippen LogP contribution in [0, 0.1) is 17.0 Å². The molecule has 2 aromatic rings. The first-order chi connectivity index (χ1) is 9.52. The fourth-order valence-electron chi connectivity index (χ4n) is 1.69. The maximum Gasteiger partial charge on any atom is 0.367 e. The second-order valence-electron chi connectivity index (χ2n) is 3.95. The molecule has 0 aliphatic heterocycles. The smallest absolute Gasteiger partial charge is 0.367 e. The molecular weight excluding hydrogens is 280 g/mol. The van der Waals surface area contributed by atoms with Crippen LogP contribution < -0.4 is 0 Å². The summed E-state index contributed by atoms with van der Waals surface area (Å²) in [6.07, 6.45) is 0. The zero-order chi connectivity index (χ0) is 14.7. The standard InChI is InChI=1S/C13H12N2O4S/c1-3-19-13(16)12-14-11(8(2)20-12)9-4-6-10(7-5-9)15(17)18/h4-7H,3H2,1-2H3. The zero-order valence-corrected chi connectivity index (χ0v) is 11.8. The Labute approximate surface area is 119 Å². The number of nitro groups is 1. The zero-order valence-electron chi connectivity index (χ0n) is 11.0. The van der Waals surface area contributed by atoms with Crippen molar-refractivity contribution in [2.45, 2.75) is 13.8 Å². The number of nitrogens with zero attached hydrogens (tertiary/aromatic N) is 2. The third-order valence-electron chi connectivity index (χ3n) is 2.60. The number of esters is 1. The Hall–Kier alpha value is -2.28. The highest BCUT2D eigenvalue weighted by molar-refractivity contribution is 7.13. The van der Waals surface area contributed by atoms with Crippen molar-refractivity contribution in [3.05, 3.63) is 44.3 Å². The topological polar surface area (TPSA) is 82.3 Å². The van der Waals surface area contributed by atoms with Gasteiger partial charge < -0.3 is 4.74 Å². The molecule has 104 valence electrons. The van der Waals surface area contributed by atoms with E-state index in [-0.39, 0.29) is 10.7 Å². The maximum atomic E-state index is 11.6. The van der Waals surface area contributed by atoms with Crippen LogP contribution in [0.2, 0.25) is 0 Å². The van der Waals surface area contributed by atoms with E-state index in [9.17, 15) is 14.9 Å². The van der Waals surface area contributed by atoms with Gasteiger partial charge in [-0.15, -0.1) is 11.3 Å². The number of carbonyl (C=O) groups is 1. The van der Waals surface area contributed by atoms with Gasteiger partial charge in [-0.3, -0.25) is 10.1 Å². The first-order valence-corrected chi connectivity index (χ1v) is 6.74. The molecule has 6 nitrogen and oxygen atoms in total. The van der Waals surface area contributed by atoms with E-state index < -0.39 is 10.9 Å². The minimum absolute atomic E-state index is 0.0206. The molecule has 1 heterocycles. The van der Waals surface area contributed by atoms with Crippen LogP contribution in [0.25, 0.3) is 11.3 Å². The van der Waals surface area contributed by atoms with Gasteiger partial charge in [0.1, 0.15) is 0 Å². The average Bonchev–Trinajstić information content (AvgIpc) is 2.81. The highest BCUT2D eigenvalue weighted by atomic mass is 32.1. The van der Waals surface area contributed by atoms with Crippen molar-refractivity contribution in [2.24, 2.45) is 0 Å². The van der Waals surface area contributed by atoms with E-state index in [1.165, 1.54) is 23.5 Å². The maximum absolute atomic E-state index is 11.6. The number of non-ortho nitro benzene ring substituents is 1. The molecule has 0 radical (unpaired) electrons. The molecule has 20 heavy (non-hydrogen) atoms. The molecule has 0 saturated heterocycles. The van der Waals surface area contributed by atoms with Crippen molar-refractivity contribution in [3.63, 3.8) is 0 Å². The van der Waals surface area contributed by atoms with E-state index in [1.807, 2.05) is 6.92 Å². The molecule has 0 bridgehead atoms. The average molecular weight is 292 g/mol. The summed E-state index contributed by atoms with van der Waals surface area (Å²) in [4.78, 5) is 26.9. The Morgan fingerprint density at radius 2 is 2.05 bits per heavy atom. The monoisotopic (exact) mass is 292 g/mol. The van der Waals surface area contributed by atoms with Gasteiger partial charge in [-0.25, -0.2) is 9.78 Å². The molecule has 7 heteroatoms. The Morgan fingerprint density at radius 3 is 2.60 bits per heavy atom. The third kappa shape index (κ3) is 2.83. The van der Waals surface area contributed by atoms with Gasteiger partial charge in [-0.1, -0.05) is 0 Å². The summed E-state index contributed by atoms with van der Waals surface area (Å²) in [6, 6.07) is 6.07. The summed E-state index contributed by atoms with van der Waals surface area (Å²) < 4.78 is 4.90. The van der Waals surface area contributed by atoms with E-state index in [2.05, 4.69) is 4.98 Å². The Balaban J connectivity index is 2.33. The predicted octanol–water partition coefficient (Wildman–Crippen LogP) is 3.20. The van der Waals surface area contributed by atoms with Crippen molar-refractivity contribution < 1.29 is 14.5 Å². The molecule has 0 spiro atoms. The van der Waals surface area contributed by atoms with E-state index in [4.69, 9.17) is 4.74 Å². The van der Waals surface area contributed by atoms with Crippen LogP contribution in [0.3, 0.4) is 0 Å². The lowest BCUT2D eigenvalue weighted by atomic mass is 10.1. The molecule has 1 aromatic carbocycles. The van der Waals surface area contributed by atoms with Crippen LogP contribution in [-0.4, -0.2) is 22.5 Å². The van der Waals surface area contributed by atoms with E-state index >= 15 is 0 Å². The van der Waals surface area contributed by atoms with Gasteiger partial charge in [0.25, 0.3) is 5.69 Å². The van der Waals surface area contributed by atoms with Crippen molar-refractivity contribution in [3.8, 4) is 11.3 Å². The number of hydrogen-bond acceptors (Lipinski definition) is 6. The summed E-state index contributed by atoms with van der Waals surface area (Å²) in [5, 5.41) is 10.9. The fraction of sp³-hybridized carbons (Fsp3) is 0.231. The minimum Gasteiger partial charge on any atom is -0.461 e. The molecule has 0 amide bonds. The van der Waals surface area contributed by atoms with Crippen LogP contribution in [0.4, 0.5) is 5.69 Å². The lowest BCUT2D eigenvalue weighted by Crippen LogP contribution is -2.03. The summed E-state index contributed by atoms with van der Waals surface area (Å²) in [7, 11) is 0. The molecule has 0 saturated carbocycles. The second-order valence-corrected chi connectivity index (χ2v) is 5.15. The molecular formula is C13H12N2O4S. The highest BCUT2D eigenvalue weighted by Crippen LogP contribution is 2.29. The molecule has 0 aliphatic rings. The van der Waals surface area contributed by atoms with Crippen molar-refractivity contribution >= 4 is 23.0 Å². The Bertz CT molecular complexity index is 649. The Kier molecular flexibility index (Phi) is 4.09. The molecule has 0 N–H and O–H groups in total. The van der Waals surface area contributed by atoms with Crippen molar-refractivity contribution in [1.82, 2.24) is 4.98 Å².